The van der Waals surface area contributed by atoms with Crippen LogP contribution in [-0.4, -0.2) is 37.3 Å². The van der Waals surface area contributed by atoms with Gasteiger partial charge in [0.05, 0.1) is 16.7 Å². The highest BCUT2D eigenvalue weighted by Gasteiger charge is 2.25. The van der Waals surface area contributed by atoms with Crippen LogP contribution in [0, 0.1) is 23.0 Å². The Labute approximate surface area is 201 Å². The van der Waals surface area contributed by atoms with E-state index in [4.69, 9.17) is 0 Å². The molecule has 2 aromatic carbocycles. The molecule has 34 heavy (non-hydrogen) atoms. The second kappa shape index (κ2) is 10.9. The number of nitro benzene ring substituents is 1. The molecule has 11 heteroatoms. The minimum absolute atomic E-state index is 0.0139. The maximum atomic E-state index is 12.8. The number of amides is 2. The summed E-state index contributed by atoms with van der Waals surface area (Å²) < 4.78 is 1.74. The van der Waals surface area contributed by atoms with E-state index in [1.165, 1.54) is 18.2 Å². The number of nitro groups is 1. The first-order valence-electron chi connectivity index (χ1n) is 10.6. The molecule has 0 saturated heterocycles. The smallest absolute Gasteiger partial charge is 0.292 e. The minimum atomic E-state index is -0.547. The highest BCUT2D eigenvalue weighted by molar-refractivity contribution is 7.99. The Bertz CT molecular complexity index is 1210. The summed E-state index contributed by atoms with van der Waals surface area (Å²) >= 11 is 1.15. The van der Waals surface area contributed by atoms with Crippen LogP contribution in [0.4, 0.5) is 11.4 Å². The fourth-order valence-corrected chi connectivity index (χ4v) is 4.04. The van der Waals surface area contributed by atoms with Crippen molar-refractivity contribution in [3.8, 4) is 0 Å². The molecule has 2 amide bonds. The topological polar surface area (TPSA) is 132 Å². The first-order valence-corrected chi connectivity index (χ1v) is 11.6. The van der Waals surface area contributed by atoms with Crippen molar-refractivity contribution in [1.82, 2.24) is 20.1 Å². The van der Waals surface area contributed by atoms with Crippen LogP contribution >= 0.6 is 11.8 Å². The van der Waals surface area contributed by atoms with E-state index in [0.717, 1.165) is 17.3 Å². The summed E-state index contributed by atoms with van der Waals surface area (Å²) in [7, 11) is 1.77. The van der Waals surface area contributed by atoms with E-state index < -0.39 is 10.8 Å². The highest BCUT2D eigenvalue weighted by Crippen LogP contribution is 2.26. The van der Waals surface area contributed by atoms with Gasteiger partial charge in [-0.3, -0.25) is 19.7 Å². The Morgan fingerprint density at radius 1 is 1.15 bits per heavy atom. The van der Waals surface area contributed by atoms with E-state index in [2.05, 4.69) is 20.8 Å². The lowest BCUT2D eigenvalue weighted by atomic mass is 10.0. The van der Waals surface area contributed by atoms with Crippen LogP contribution in [0.1, 0.15) is 41.6 Å². The van der Waals surface area contributed by atoms with E-state index >= 15 is 0 Å². The van der Waals surface area contributed by atoms with Crippen molar-refractivity contribution in [1.29, 1.82) is 0 Å². The third-order valence-corrected chi connectivity index (χ3v) is 6.11. The van der Waals surface area contributed by atoms with E-state index in [1.54, 1.807) is 23.7 Å². The van der Waals surface area contributed by atoms with Gasteiger partial charge in [0.1, 0.15) is 5.69 Å². The maximum absolute atomic E-state index is 12.8. The van der Waals surface area contributed by atoms with Gasteiger partial charge in [-0.05, 0) is 31.0 Å². The molecule has 3 aromatic rings. The number of carbonyl (C=O) groups excluding carboxylic acids is 2. The molecule has 0 aliphatic heterocycles. The summed E-state index contributed by atoms with van der Waals surface area (Å²) in [5.74, 6) is -0.0190. The van der Waals surface area contributed by atoms with E-state index in [9.17, 15) is 19.7 Å². The van der Waals surface area contributed by atoms with Gasteiger partial charge in [0, 0.05) is 18.7 Å². The standard InChI is InChI=1S/C23H26N6O4S/c1-14(2)20(25-22(31)16-9-7-8-15(3)12-16)21-26-27-23(28(21)4)34-13-19(30)24-17-10-5-6-11-18(17)29(32)33/h5-12,14,20H,13H2,1-4H3,(H,24,30)(H,25,31)/t20-/m1/s1. The number of aromatic nitrogens is 3. The number of nitrogens with one attached hydrogen (secondary N) is 2. The minimum Gasteiger partial charge on any atom is -0.342 e. The van der Waals surface area contributed by atoms with Crippen molar-refractivity contribution >= 4 is 35.0 Å². The number of thioether (sulfide) groups is 1. The van der Waals surface area contributed by atoms with Gasteiger partial charge in [-0.25, -0.2) is 0 Å². The fraction of sp³-hybridized carbons (Fsp3) is 0.304. The van der Waals surface area contributed by atoms with Crippen LogP contribution in [0.5, 0.6) is 0 Å². The van der Waals surface area contributed by atoms with Gasteiger partial charge in [0.15, 0.2) is 11.0 Å². The zero-order valence-corrected chi connectivity index (χ0v) is 20.1. The largest absolute Gasteiger partial charge is 0.342 e. The molecule has 0 fully saturated rings. The van der Waals surface area contributed by atoms with Crippen molar-refractivity contribution < 1.29 is 14.5 Å². The molecule has 0 aliphatic carbocycles. The molecule has 1 heterocycles. The average molecular weight is 483 g/mol. The van der Waals surface area contributed by atoms with Gasteiger partial charge in [-0.15, -0.1) is 10.2 Å². The number of rotatable bonds is 9. The number of benzene rings is 2. The average Bonchev–Trinajstić information content (AvgIpc) is 3.15. The number of carbonyl (C=O) groups is 2. The molecule has 0 spiro atoms. The molecule has 0 saturated carbocycles. The number of para-hydroxylation sites is 2. The van der Waals surface area contributed by atoms with Gasteiger partial charge in [-0.2, -0.15) is 0 Å². The summed E-state index contributed by atoms with van der Waals surface area (Å²) in [6, 6.07) is 12.9. The summed E-state index contributed by atoms with van der Waals surface area (Å²) in [6.07, 6.45) is 0. The SMILES string of the molecule is Cc1cccc(C(=O)N[C@@H](c2nnc(SCC(=O)Nc3ccccc3[N+](=O)[O-])n2C)C(C)C)c1. The summed E-state index contributed by atoms with van der Waals surface area (Å²) in [4.78, 5) is 35.8. The number of nitrogens with zero attached hydrogens (tertiary/aromatic N) is 4. The Morgan fingerprint density at radius 2 is 1.88 bits per heavy atom. The Kier molecular flexibility index (Phi) is 8.00. The second-order valence-electron chi connectivity index (χ2n) is 8.08. The molecular weight excluding hydrogens is 456 g/mol. The van der Waals surface area contributed by atoms with Crippen LogP contribution in [-0.2, 0) is 11.8 Å². The fourth-order valence-electron chi connectivity index (χ4n) is 3.32. The molecule has 0 radical (unpaired) electrons. The number of aryl methyl sites for hydroxylation is 1. The zero-order chi connectivity index (χ0) is 24.8. The van der Waals surface area contributed by atoms with Gasteiger partial charge in [0.2, 0.25) is 5.91 Å². The molecule has 10 nitrogen and oxygen atoms in total. The molecule has 0 aliphatic rings. The molecular formula is C23H26N6O4S. The lowest BCUT2D eigenvalue weighted by molar-refractivity contribution is -0.383. The first-order chi connectivity index (χ1) is 16.2. The van der Waals surface area contributed by atoms with Crippen molar-refractivity contribution in [2.75, 3.05) is 11.1 Å². The Hall–Kier alpha value is -3.73. The monoisotopic (exact) mass is 482 g/mol. The lowest BCUT2D eigenvalue weighted by Gasteiger charge is -2.21. The van der Waals surface area contributed by atoms with Crippen molar-refractivity contribution in [3.05, 3.63) is 75.6 Å². The van der Waals surface area contributed by atoms with Gasteiger partial charge in [0.25, 0.3) is 11.6 Å². The number of hydrogen-bond donors (Lipinski definition) is 2. The van der Waals surface area contributed by atoms with E-state index in [0.29, 0.717) is 16.5 Å². The molecule has 1 aromatic heterocycles. The van der Waals surface area contributed by atoms with Crippen LogP contribution < -0.4 is 10.6 Å². The van der Waals surface area contributed by atoms with Crippen molar-refractivity contribution in [2.45, 2.75) is 32.0 Å². The van der Waals surface area contributed by atoms with Crippen LogP contribution in [0.15, 0.2) is 53.7 Å². The molecule has 0 bridgehead atoms. The van der Waals surface area contributed by atoms with E-state index in [1.807, 2.05) is 39.0 Å². The van der Waals surface area contributed by atoms with Gasteiger partial charge in [-0.1, -0.05) is 55.4 Å². The molecule has 0 unspecified atom stereocenters. The summed E-state index contributed by atoms with van der Waals surface area (Å²) in [5, 5.41) is 25.6. The lowest BCUT2D eigenvalue weighted by Crippen LogP contribution is -2.33. The van der Waals surface area contributed by atoms with Crippen LogP contribution in [0.3, 0.4) is 0 Å². The molecule has 2 N–H and O–H groups in total. The Morgan fingerprint density at radius 3 is 2.56 bits per heavy atom. The summed E-state index contributed by atoms with van der Waals surface area (Å²) in [6.45, 7) is 5.88. The van der Waals surface area contributed by atoms with Crippen LogP contribution in [0.2, 0.25) is 0 Å². The van der Waals surface area contributed by atoms with Gasteiger partial charge >= 0.3 is 0 Å². The maximum Gasteiger partial charge on any atom is 0.292 e. The third-order valence-electron chi connectivity index (χ3n) is 5.09. The zero-order valence-electron chi connectivity index (χ0n) is 19.3. The normalized spacial score (nSPS) is 11.8. The molecule has 1 atom stereocenters. The quantitative estimate of drug-likeness (QED) is 0.269. The third kappa shape index (κ3) is 5.98. The molecule has 178 valence electrons. The molecule has 3 rings (SSSR count). The first kappa shape index (κ1) is 24.9. The highest BCUT2D eigenvalue weighted by atomic mass is 32.2. The number of hydrogen-bond acceptors (Lipinski definition) is 7. The summed E-state index contributed by atoms with van der Waals surface area (Å²) in [5.41, 5.74) is 1.51. The van der Waals surface area contributed by atoms with Crippen LogP contribution in [0.25, 0.3) is 0 Å². The predicted molar refractivity (Wildman–Crippen MR) is 130 cm³/mol. The van der Waals surface area contributed by atoms with Crippen molar-refractivity contribution in [3.63, 3.8) is 0 Å². The van der Waals surface area contributed by atoms with Crippen molar-refractivity contribution in [2.24, 2.45) is 13.0 Å². The number of anilines is 1. The Balaban J connectivity index is 1.68. The second-order valence-corrected chi connectivity index (χ2v) is 9.02. The van der Waals surface area contributed by atoms with Gasteiger partial charge < -0.3 is 15.2 Å². The van der Waals surface area contributed by atoms with E-state index in [-0.39, 0.29) is 35.0 Å². The predicted octanol–water partition coefficient (Wildman–Crippen LogP) is 3.89.